The van der Waals surface area contributed by atoms with Gasteiger partial charge in [0, 0.05) is 25.2 Å². The normalized spacial score (nSPS) is 30.1. The smallest absolute Gasteiger partial charge is 0.205 e. The Hall–Kier alpha value is -0.810. The maximum absolute atomic E-state index is 5.50. The Labute approximate surface area is 104 Å². The van der Waals surface area contributed by atoms with Gasteiger partial charge in [0.2, 0.25) is 5.96 Å². The summed E-state index contributed by atoms with van der Waals surface area (Å²) in [6.07, 6.45) is 6.28. The molecule has 98 valence electrons. The van der Waals surface area contributed by atoms with Crippen LogP contribution >= 0.6 is 0 Å². The van der Waals surface area contributed by atoms with E-state index in [2.05, 4.69) is 27.6 Å². The topological polar surface area (TPSA) is 65.7 Å². The summed E-state index contributed by atoms with van der Waals surface area (Å²) in [5.74, 6) is 6.26. The zero-order valence-electron chi connectivity index (χ0n) is 10.8. The van der Waals surface area contributed by atoms with Crippen molar-refractivity contribution in [1.29, 1.82) is 0 Å². The van der Waals surface area contributed by atoms with E-state index in [0.717, 1.165) is 18.9 Å². The van der Waals surface area contributed by atoms with Crippen LogP contribution < -0.4 is 16.6 Å². The van der Waals surface area contributed by atoms with Crippen LogP contribution in [-0.4, -0.2) is 42.6 Å². The molecule has 5 heteroatoms. The number of aliphatic imine (C=N–C) groups is 1. The monoisotopic (exact) mass is 239 g/mol. The molecule has 4 N–H and O–H groups in total. The van der Waals surface area contributed by atoms with Gasteiger partial charge in [-0.25, -0.2) is 5.84 Å². The molecule has 0 bridgehead atoms. The highest BCUT2D eigenvalue weighted by molar-refractivity contribution is 5.79. The summed E-state index contributed by atoms with van der Waals surface area (Å²) < 4.78 is 0. The number of fused-ring (bicyclic) bond motifs is 1. The number of hydrogen-bond donors (Lipinski definition) is 3. The molecule has 0 amide bonds. The van der Waals surface area contributed by atoms with Gasteiger partial charge >= 0.3 is 0 Å². The lowest BCUT2D eigenvalue weighted by Gasteiger charge is -2.32. The molecule has 2 atom stereocenters. The Morgan fingerprint density at radius 1 is 1.35 bits per heavy atom. The molecule has 2 fully saturated rings. The molecule has 0 radical (unpaired) electrons. The predicted octanol–water partition coefficient (Wildman–Crippen LogP) is 0.432. The fourth-order valence-corrected chi connectivity index (χ4v) is 2.95. The van der Waals surface area contributed by atoms with Gasteiger partial charge in [-0.1, -0.05) is 13.3 Å². The first-order valence-electron chi connectivity index (χ1n) is 6.86. The van der Waals surface area contributed by atoms with Gasteiger partial charge in [0.15, 0.2) is 0 Å². The van der Waals surface area contributed by atoms with Crippen LogP contribution in [0.4, 0.5) is 0 Å². The van der Waals surface area contributed by atoms with Gasteiger partial charge in [-0.3, -0.25) is 15.3 Å². The Morgan fingerprint density at radius 2 is 2.24 bits per heavy atom. The van der Waals surface area contributed by atoms with E-state index in [9.17, 15) is 0 Å². The van der Waals surface area contributed by atoms with Crippen LogP contribution in [0.25, 0.3) is 0 Å². The van der Waals surface area contributed by atoms with Crippen molar-refractivity contribution < 1.29 is 0 Å². The van der Waals surface area contributed by atoms with Gasteiger partial charge in [-0.2, -0.15) is 0 Å². The molecule has 0 aromatic rings. The summed E-state index contributed by atoms with van der Waals surface area (Å²) in [4.78, 5) is 7.02. The minimum atomic E-state index is 0.516. The molecule has 0 aromatic carbocycles. The van der Waals surface area contributed by atoms with E-state index in [-0.39, 0.29) is 0 Å². The highest BCUT2D eigenvalue weighted by Crippen LogP contribution is 2.26. The number of piperidine rings is 1. The molecule has 2 aliphatic rings. The van der Waals surface area contributed by atoms with E-state index in [4.69, 9.17) is 5.84 Å². The van der Waals surface area contributed by atoms with Gasteiger partial charge in [0.1, 0.15) is 0 Å². The molecular weight excluding hydrogens is 214 g/mol. The fourth-order valence-electron chi connectivity index (χ4n) is 2.95. The molecule has 2 saturated heterocycles. The molecule has 5 nitrogen and oxygen atoms in total. The third kappa shape index (κ3) is 3.10. The number of guanidine groups is 1. The van der Waals surface area contributed by atoms with Crippen LogP contribution in [0.5, 0.6) is 0 Å². The van der Waals surface area contributed by atoms with Crippen molar-refractivity contribution in [2.24, 2.45) is 10.8 Å². The van der Waals surface area contributed by atoms with Gasteiger partial charge in [-0.05, 0) is 32.2 Å². The van der Waals surface area contributed by atoms with Gasteiger partial charge in [-0.15, -0.1) is 0 Å². The number of nitrogens with two attached hydrogens (primary N) is 1. The maximum atomic E-state index is 5.50. The van der Waals surface area contributed by atoms with Gasteiger partial charge in [0.25, 0.3) is 0 Å². The van der Waals surface area contributed by atoms with E-state index in [0.29, 0.717) is 12.1 Å². The average Bonchev–Trinajstić information content (AvgIpc) is 2.78. The SMILES string of the molecule is CCCN=C(NN)NC1CCN2CCCCC12. The second kappa shape index (κ2) is 6.21. The van der Waals surface area contributed by atoms with Crippen molar-refractivity contribution in [2.45, 2.75) is 51.1 Å². The second-order valence-electron chi connectivity index (χ2n) is 5.01. The summed E-state index contributed by atoms with van der Waals surface area (Å²) in [6.45, 7) is 5.43. The van der Waals surface area contributed by atoms with Gasteiger partial charge in [0.05, 0.1) is 0 Å². The van der Waals surface area contributed by atoms with E-state index >= 15 is 0 Å². The van der Waals surface area contributed by atoms with E-state index in [1.807, 2.05) is 0 Å². The molecule has 0 saturated carbocycles. The fraction of sp³-hybridized carbons (Fsp3) is 0.917. The Balaban J connectivity index is 1.89. The first kappa shape index (κ1) is 12.6. The van der Waals surface area contributed by atoms with E-state index in [1.165, 1.54) is 38.8 Å². The minimum absolute atomic E-state index is 0.516. The van der Waals surface area contributed by atoms with Crippen LogP contribution in [0.2, 0.25) is 0 Å². The number of hydrogen-bond acceptors (Lipinski definition) is 3. The summed E-state index contributed by atoms with van der Waals surface area (Å²) in [5.41, 5.74) is 2.68. The Morgan fingerprint density at radius 3 is 3.00 bits per heavy atom. The molecule has 2 aliphatic heterocycles. The predicted molar refractivity (Wildman–Crippen MR) is 70.7 cm³/mol. The van der Waals surface area contributed by atoms with Crippen LogP contribution in [0.15, 0.2) is 4.99 Å². The Bertz CT molecular complexity index is 266. The zero-order chi connectivity index (χ0) is 12.1. The van der Waals surface area contributed by atoms with Crippen molar-refractivity contribution in [3.05, 3.63) is 0 Å². The minimum Gasteiger partial charge on any atom is -0.351 e. The lowest BCUT2D eigenvalue weighted by molar-refractivity contribution is 0.185. The first-order valence-corrected chi connectivity index (χ1v) is 6.86. The van der Waals surface area contributed by atoms with E-state index < -0.39 is 0 Å². The van der Waals surface area contributed by atoms with E-state index in [1.54, 1.807) is 0 Å². The van der Waals surface area contributed by atoms with Crippen LogP contribution in [0.1, 0.15) is 39.0 Å². The van der Waals surface area contributed by atoms with Crippen molar-refractivity contribution in [1.82, 2.24) is 15.6 Å². The zero-order valence-corrected chi connectivity index (χ0v) is 10.8. The molecule has 0 aromatic heterocycles. The third-order valence-electron chi connectivity index (χ3n) is 3.81. The second-order valence-corrected chi connectivity index (χ2v) is 5.01. The summed E-state index contributed by atoms with van der Waals surface area (Å²) >= 11 is 0. The average molecular weight is 239 g/mol. The molecule has 2 unspecified atom stereocenters. The van der Waals surface area contributed by atoms with Crippen LogP contribution in [0, 0.1) is 0 Å². The quantitative estimate of drug-likeness (QED) is 0.289. The molecule has 2 heterocycles. The largest absolute Gasteiger partial charge is 0.351 e. The number of nitrogens with zero attached hydrogens (tertiary/aromatic N) is 2. The summed E-state index contributed by atoms with van der Waals surface area (Å²) in [7, 11) is 0. The number of rotatable bonds is 3. The highest BCUT2D eigenvalue weighted by Gasteiger charge is 2.35. The molecular formula is C12H25N5. The Kier molecular flexibility index (Phi) is 4.62. The molecule has 17 heavy (non-hydrogen) atoms. The van der Waals surface area contributed by atoms with Gasteiger partial charge < -0.3 is 5.32 Å². The van der Waals surface area contributed by atoms with Crippen molar-refractivity contribution >= 4 is 5.96 Å². The number of hydrazine groups is 1. The van der Waals surface area contributed by atoms with Crippen molar-refractivity contribution in [3.8, 4) is 0 Å². The summed E-state index contributed by atoms with van der Waals surface area (Å²) in [6, 6.07) is 1.20. The summed E-state index contributed by atoms with van der Waals surface area (Å²) in [5, 5.41) is 3.47. The van der Waals surface area contributed by atoms with Crippen LogP contribution in [-0.2, 0) is 0 Å². The lowest BCUT2D eigenvalue weighted by Crippen LogP contribution is -2.51. The molecule has 0 spiro atoms. The highest BCUT2D eigenvalue weighted by atomic mass is 15.4. The molecule has 2 rings (SSSR count). The number of nitrogens with one attached hydrogen (secondary N) is 2. The first-order chi connectivity index (χ1) is 8.35. The van der Waals surface area contributed by atoms with Crippen molar-refractivity contribution in [2.75, 3.05) is 19.6 Å². The maximum Gasteiger partial charge on any atom is 0.205 e. The third-order valence-corrected chi connectivity index (χ3v) is 3.81. The standard InChI is InChI=1S/C12H25N5/c1-2-7-14-12(16-13)15-10-6-9-17-8-4-3-5-11(10)17/h10-11H,2-9,13H2,1H3,(H2,14,15,16). The molecule has 0 aliphatic carbocycles. The van der Waals surface area contributed by atoms with Crippen LogP contribution in [0.3, 0.4) is 0 Å². The van der Waals surface area contributed by atoms with Crippen molar-refractivity contribution in [3.63, 3.8) is 0 Å². The lowest BCUT2D eigenvalue weighted by atomic mass is 9.99.